The van der Waals surface area contributed by atoms with E-state index in [1.165, 1.54) is 11.1 Å². The highest BCUT2D eigenvalue weighted by Gasteiger charge is 2.04. The van der Waals surface area contributed by atoms with Crippen LogP contribution in [0, 0.1) is 0 Å². The zero-order valence-corrected chi connectivity index (χ0v) is 12.5. The summed E-state index contributed by atoms with van der Waals surface area (Å²) < 4.78 is 2.18. The van der Waals surface area contributed by atoms with Gasteiger partial charge in [-0.25, -0.2) is 4.98 Å². The molecule has 3 heteroatoms. The van der Waals surface area contributed by atoms with Crippen molar-refractivity contribution < 1.29 is 5.11 Å². The van der Waals surface area contributed by atoms with Gasteiger partial charge in [0.15, 0.2) is 0 Å². The smallest absolute Gasteiger partial charge is 0.115 e. The number of hydrogen-bond donors (Lipinski definition) is 1. The third-order valence-corrected chi connectivity index (χ3v) is 3.80. The first kappa shape index (κ1) is 14.4. The molecule has 0 saturated heterocycles. The van der Waals surface area contributed by atoms with Gasteiger partial charge in [0.05, 0.1) is 0 Å². The third-order valence-electron chi connectivity index (χ3n) is 3.80. The molecule has 0 atom stereocenters. The van der Waals surface area contributed by atoms with Gasteiger partial charge < -0.3 is 9.67 Å². The maximum absolute atomic E-state index is 9.34. The minimum Gasteiger partial charge on any atom is -0.508 e. The normalized spacial score (nSPS) is 10.7. The molecule has 0 unspecified atom stereocenters. The van der Waals surface area contributed by atoms with Crippen molar-refractivity contribution in [1.29, 1.82) is 0 Å². The average molecular weight is 292 g/mol. The molecule has 3 rings (SSSR count). The maximum Gasteiger partial charge on any atom is 0.115 e. The van der Waals surface area contributed by atoms with Crippen LogP contribution in [0.4, 0.5) is 0 Å². The van der Waals surface area contributed by atoms with Gasteiger partial charge in [0.1, 0.15) is 11.6 Å². The second-order valence-corrected chi connectivity index (χ2v) is 5.48. The van der Waals surface area contributed by atoms with E-state index < -0.39 is 0 Å². The van der Waals surface area contributed by atoms with Crippen LogP contribution < -0.4 is 0 Å². The second kappa shape index (κ2) is 6.94. The van der Waals surface area contributed by atoms with Crippen molar-refractivity contribution in [2.45, 2.75) is 25.8 Å². The van der Waals surface area contributed by atoms with E-state index in [4.69, 9.17) is 0 Å². The Bertz CT molecular complexity index is 702. The predicted molar refractivity (Wildman–Crippen MR) is 87.9 cm³/mol. The number of rotatable bonds is 6. The molecule has 1 N–H and O–H groups in total. The Morgan fingerprint density at radius 3 is 2.41 bits per heavy atom. The number of aromatic hydroxyl groups is 1. The summed E-state index contributed by atoms with van der Waals surface area (Å²) in [5.41, 5.74) is 2.54. The van der Waals surface area contributed by atoms with E-state index in [0.717, 1.165) is 31.6 Å². The summed E-state index contributed by atoms with van der Waals surface area (Å²) >= 11 is 0. The van der Waals surface area contributed by atoms with E-state index >= 15 is 0 Å². The molecule has 0 aliphatic carbocycles. The highest BCUT2D eigenvalue weighted by molar-refractivity contribution is 5.26. The van der Waals surface area contributed by atoms with Crippen molar-refractivity contribution >= 4 is 0 Å². The number of benzene rings is 2. The van der Waals surface area contributed by atoms with E-state index in [1.54, 1.807) is 12.1 Å². The highest BCUT2D eigenvalue weighted by atomic mass is 16.3. The van der Waals surface area contributed by atoms with Crippen molar-refractivity contribution in [2.24, 2.45) is 0 Å². The van der Waals surface area contributed by atoms with Crippen molar-refractivity contribution in [3.8, 4) is 5.75 Å². The molecule has 0 bridgehead atoms. The van der Waals surface area contributed by atoms with E-state index in [2.05, 4.69) is 33.8 Å². The summed E-state index contributed by atoms with van der Waals surface area (Å²) in [6.45, 7) is 0.793. The molecule has 0 saturated carbocycles. The largest absolute Gasteiger partial charge is 0.508 e. The summed E-state index contributed by atoms with van der Waals surface area (Å²) in [5.74, 6) is 1.42. The summed E-state index contributed by atoms with van der Waals surface area (Å²) in [7, 11) is 0. The lowest BCUT2D eigenvalue weighted by Crippen LogP contribution is -2.05. The number of phenolic OH excluding ortho intramolecular Hbond substituents is 1. The Labute approximate surface area is 130 Å². The fourth-order valence-electron chi connectivity index (χ4n) is 2.61. The fourth-order valence-corrected chi connectivity index (χ4v) is 2.61. The van der Waals surface area contributed by atoms with E-state index in [-0.39, 0.29) is 0 Å². The Balaban J connectivity index is 1.59. The van der Waals surface area contributed by atoms with Crippen molar-refractivity contribution in [3.63, 3.8) is 0 Å². The van der Waals surface area contributed by atoms with E-state index in [9.17, 15) is 5.11 Å². The molecule has 0 fully saturated rings. The van der Waals surface area contributed by atoms with E-state index in [1.807, 2.05) is 30.6 Å². The van der Waals surface area contributed by atoms with Crippen LogP contribution in [-0.2, 0) is 19.4 Å². The quantitative estimate of drug-likeness (QED) is 0.750. The first-order chi connectivity index (χ1) is 10.8. The lowest BCUT2D eigenvalue weighted by atomic mass is 10.1. The molecule has 3 nitrogen and oxygen atoms in total. The molecule has 0 amide bonds. The van der Waals surface area contributed by atoms with E-state index in [0.29, 0.717) is 5.75 Å². The Kier molecular flexibility index (Phi) is 4.54. The topological polar surface area (TPSA) is 38.0 Å². The molecule has 112 valence electrons. The summed E-state index contributed by atoms with van der Waals surface area (Å²) in [4.78, 5) is 4.47. The molecule has 0 radical (unpaired) electrons. The van der Waals surface area contributed by atoms with Crippen LogP contribution in [0.25, 0.3) is 0 Å². The average Bonchev–Trinajstić information content (AvgIpc) is 2.98. The van der Waals surface area contributed by atoms with Gasteiger partial charge in [-0.1, -0.05) is 42.5 Å². The van der Waals surface area contributed by atoms with Gasteiger partial charge in [-0.15, -0.1) is 0 Å². The van der Waals surface area contributed by atoms with Crippen molar-refractivity contribution in [3.05, 3.63) is 83.9 Å². The minimum atomic E-state index is 0.303. The third kappa shape index (κ3) is 3.76. The van der Waals surface area contributed by atoms with Crippen LogP contribution in [0.3, 0.4) is 0 Å². The molecule has 1 heterocycles. The molecule has 2 aromatic carbocycles. The molecule has 0 aliphatic rings. The van der Waals surface area contributed by atoms with Crippen LogP contribution in [-0.4, -0.2) is 14.7 Å². The van der Waals surface area contributed by atoms with Gasteiger partial charge in [-0.05, 0) is 36.1 Å². The number of imidazole rings is 1. The van der Waals surface area contributed by atoms with Gasteiger partial charge in [-0.2, -0.15) is 0 Å². The fraction of sp³-hybridized carbons (Fsp3) is 0.211. The van der Waals surface area contributed by atoms with Gasteiger partial charge in [0.25, 0.3) is 0 Å². The zero-order chi connectivity index (χ0) is 15.2. The lowest BCUT2D eigenvalue weighted by molar-refractivity contribution is 0.475. The highest BCUT2D eigenvalue weighted by Crippen LogP contribution is 2.13. The Morgan fingerprint density at radius 1 is 0.864 bits per heavy atom. The molecular weight excluding hydrogens is 272 g/mol. The van der Waals surface area contributed by atoms with Crippen molar-refractivity contribution in [1.82, 2.24) is 9.55 Å². The van der Waals surface area contributed by atoms with Crippen LogP contribution >= 0.6 is 0 Å². The van der Waals surface area contributed by atoms with Gasteiger partial charge in [0, 0.05) is 25.4 Å². The standard InChI is InChI=1S/C19H20N2O/c22-18-11-9-17(10-12-18)15-21-14-13-20-19(21)8-4-7-16-5-2-1-3-6-16/h1-3,5-6,9-14,22H,4,7-8,15H2. The Hall–Kier alpha value is -2.55. The second-order valence-electron chi connectivity index (χ2n) is 5.48. The van der Waals surface area contributed by atoms with Crippen LogP contribution in [0.2, 0.25) is 0 Å². The van der Waals surface area contributed by atoms with Crippen LogP contribution in [0.15, 0.2) is 67.0 Å². The number of aryl methyl sites for hydroxylation is 2. The van der Waals surface area contributed by atoms with Crippen LogP contribution in [0.1, 0.15) is 23.4 Å². The number of nitrogens with zero attached hydrogens (tertiary/aromatic N) is 2. The minimum absolute atomic E-state index is 0.303. The van der Waals surface area contributed by atoms with Gasteiger partial charge in [0.2, 0.25) is 0 Å². The SMILES string of the molecule is Oc1ccc(Cn2ccnc2CCCc2ccccc2)cc1. The van der Waals surface area contributed by atoms with Crippen LogP contribution in [0.5, 0.6) is 5.75 Å². The molecule has 0 aliphatic heterocycles. The number of aromatic nitrogens is 2. The van der Waals surface area contributed by atoms with Gasteiger partial charge >= 0.3 is 0 Å². The number of hydrogen-bond acceptors (Lipinski definition) is 2. The maximum atomic E-state index is 9.34. The predicted octanol–water partition coefficient (Wildman–Crippen LogP) is 3.81. The molecule has 3 aromatic rings. The zero-order valence-electron chi connectivity index (χ0n) is 12.5. The first-order valence-corrected chi connectivity index (χ1v) is 7.63. The first-order valence-electron chi connectivity index (χ1n) is 7.63. The summed E-state index contributed by atoms with van der Waals surface area (Å²) in [5, 5.41) is 9.34. The van der Waals surface area contributed by atoms with Crippen molar-refractivity contribution in [2.75, 3.05) is 0 Å². The number of phenols is 1. The summed E-state index contributed by atoms with van der Waals surface area (Å²) in [6, 6.07) is 17.9. The monoisotopic (exact) mass is 292 g/mol. The van der Waals surface area contributed by atoms with Gasteiger partial charge in [-0.3, -0.25) is 0 Å². The Morgan fingerprint density at radius 2 is 1.64 bits per heavy atom. The molecular formula is C19H20N2O. The molecule has 22 heavy (non-hydrogen) atoms. The summed E-state index contributed by atoms with van der Waals surface area (Å²) in [6.07, 6.45) is 7.02. The molecule has 0 spiro atoms. The lowest BCUT2D eigenvalue weighted by Gasteiger charge is -2.08. The molecule has 1 aromatic heterocycles.